The van der Waals surface area contributed by atoms with Crippen molar-refractivity contribution in [3.05, 3.63) is 82.4 Å². The largest absolute Gasteiger partial charge is 0.374 e. The van der Waals surface area contributed by atoms with Crippen molar-refractivity contribution in [2.45, 2.75) is 86.2 Å². The predicted octanol–water partition coefficient (Wildman–Crippen LogP) is 3.50. The number of carbonyl (C=O) groups is 3. The lowest BCUT2D eigenvalue weighted by molar-refractivity contribution is -0.0789. The molecule has 0 aliphatic carbocycles. The molecule has 0 fully saturated rings. The highest BCUT2D eigenvalue weighted by molar-refractivity contribution is 6.03. The minimum absolute atomic E-state index is 0.158. The van der Waals surface area contributed by atoms with E-state index in [-0.39, 0.29) is 30.2 Å². The molecule has 56 heavy (non-hydrogen) atoms. The second kappa shape index (κ2) is 16.7. The number of aromatic nitrogens is 8. The number of nitrogens with two attached hydrogens (primary N) is 2. The fraction of sp³-hybridized carbons (Fsp3) is 0.395. The third kappa shape index (κ3) is 8.12. The van der Waals surface area contributed by atoms with Crippen molar-refractivity contribution >= 4 is 51.7 Å². The third-order valence-corrected chi connectivity index (χ3v) is 9.41. The quantitative estimate of drug-likeness (QED) is 0.0794. The zero-order valence-electron chi connectivity index (χ0n) is 32.3. The summed E-state index contributed by atoms with van der Waals surface area (Å²) in [5, 5.41) is 26.4. The van der Waals surface area contributed by atoms with E-state index < -0.39 is 36.2 Å². The first-order valence-electron chi connectivity index (χ1n) is 18.5. The molecular weight excluding hydrogens is 720 g/mol. The summed E-state index contributed by atoms with van der Waals surface area (Å²) in [4.78, 5) is 47.5. The van der Waals surface area contributed by atoms with Crippen molar-refractivity contribution in [2.75, 3.05) is 23.8 Å². The minimum atomic E-state index is -1.18. The standard InChI is InChI=1S/C38H48N12O6/c1-7-49-29(15-21(5)45-49)35(53)43-37-41-25-17-23(33(39)51)11-13-27(25)47(37)19-31(55-9-3)32(56-10-4)20-48-28-14-12-24(34(40)52)18-26(28)42-38(48)44-36(54)30-16-22(6)46-50(30)8-2/h11-18,31-32,35,53H,7-10,19-20H2,1-6H3,(H2,39,51)(H2,40,52)(H,41,43)(H,42,44,54)/t31-,32-,35?/m1/s1. The molecule has 6 aromatic rings. The zero-order chi connectivity index (χ0) is 40.3. The molecule has 0 aliphatic heterocycles. The summed E-state index contributed by atoms with van der Waals surface area (Å²) in [6, 6.07) is 13.4. The van der Waals surface area contributed by atoms with Gasteiger partial charge in [-0.1, -0.05) is 0 Å². The van der Waals surface area contributed by atoms with Gasteiger partial charge in [0, 0.05) is 37.4 Å². The summed E-state index contributed by atoms with van der Waals surface area (Å²) in [6.07, 6.45) is -2.46. The maximum Gasteiger partial charge on any atom is 0.276 e. The normalized spacial score (nSPS) is 13.3. The van der Waals surface area contributed by atoms with Gasteiger partial charge in [0.15, 0.2) is 6.23 Å². The second-order valence-corrected chi connectivity index (χ2v) is 13.2. The Hall–Kier alpha value is -6.11. The maximum absolute atomic E-state index is 13.7. The van der Waals surface area contributed by atoms with Crippen molar-refractivity contribution < 1.29 is 29.0 Å². The molecule has 296 valence electrons. The predicted molar refractivity (Wildman–Crippen MR) is 209 cm³/mol. The van der Waals surface area contributed by atoms with E-state index in [4.69, 9.17) is 30.9 Å². The number of benzene rings is 2. The summed E-state index contributed by atoms with van der Waals surface area (Å²) in [5.41, 5.74) is 16.3. The molecule has 1 unspecified atom stereocenters. The smallest absolute Gasteiger partial charge is 0.276 e. The van der Waals surface area contributed by atoms with Gasteiger partial charge >= 0.3 is 0 Å². The van der Waals surface area contributed by atoms with E-state index in [0.717, 1.165) is 5.69 Å². The molecule has 0 aliphatic rings. The fourth-order valence-electron chi connectivity index (χ4n) is 6.85. The van der Waals surface area contributed by atoms with Crippen LogP contribution in [0.3, 0.4) is 0 Å². The van der Waals surface area contributed by atoms with Gasteiger partial charge in [-0.25, -0.2) is 9.97 Å². The number of carbonyl (C=O) groups excluding carboxylic acids is 3. The minimum Gasteiger partial charge on any atom is -0.374 e. The molecule has 0 radical (unpaired) electrons. The van der Waals surface area contributed by atoms with E-state index in [1.807, 2.05) is 50.7 Å². The number of nitrogens with one attached hydrogen (secondary N) is 2. The van der Waals surface area contributed by atoms with Crippen LogP contribution in [0.25, 0.3) is 22.1 Å². The molecule has 2 aromatic carbocycles. The van der Waals surface area contributed by atoms with E-state index in [1.165, 1.54) is 0 Å². The number of nitrogens with zero attached hydrogens (tertiary/aromatic N) is 8. The number of aliphatic hydroxyl groups is 1. The van der Waals surface area contributed by atoms with Crippen LogP contribution in [-0.4, -0.2) is 86.9 Å². The highest BCUT2D eigenvalue weighted by Crippen LogP contribution is 2.28. The number of anilines is 2. The van der Waals surface area contributed by atoms with Crippen LogP contribution in [0.5, 0.6) is 0 Å². The van der Waals surface area contributed by atoms with Gasteiger partial charge < -0.3 is 40.5 Å². The van der Waals surface area contributed by atoms with Gasteiger partial charge in [-0.05, 0) is 90.1 Å². The summed E-state index contributed by atoms with van der Waals surface area (Å²) in [5.74, 6) is -1.11. The molecule has 7 N–H and O–H groups in total. The van der Waals surface area contributed by atoms with Crippen LogP contribution in [0.1, 0.15) is 82.2 Å². The molecule has 0 spiro atoms. The molecule has 18 nitrogen and oxygen atoms in total. The molecule has 0 bridgehead atoms. The van der Waals surface area contributed by atoms with Crippen molar-refractivity contribution in [3.63, 3.8) is 0 Å². The van der Waals surface area contributed by atoms with Crippen LogP contribution in [-0.2, 0) is 35.7 Å². The number of imidazole rings is 2. The van der Waals surface area contributed by atoms with Crippen LogP contribution in [0.2, 0.25) is 0 Å². The molecule has 4 aromatic heterocycles. The Morgan fingerprint density at radius 1 is 0.732 bits per heavy atom. The summed E-state index contributed by atoms with van der Waals surface area (Å²) in [6.45, 7) is 13.2. The van der Waals surface area contributed by atoms with Crippen molar-refractivity contribution in [1.82, 2.24) is 38.7 Å². The molecule has 3 amide bonds. The van der Waals surface area contributed by atoms with Gasteiger partial charge in [0.1, 0.15) is 17.9 Å². The Bertz CT molecular complexity index is 2390. The van der Waals surface area contributed by atoms with E-state index in [0.29, 0.717) is 71.4 Å². The molecular formula is C38H48N12O6. The Labute approximate surface area is 322 Å². The molecule has 0 saturated heterocycles. The SMILES string of the molecule is CCO[C@H](Cn1c(NC(=O)c2cc(C)nn2CC)nc2cc(C(N)=O)ccc21)[C@@H](Cn1c(NC(O)c2cc(C)nn2CC)nc2cc(C(N)=O)ccc21)OCC. The summed E-state index contributed by atoms with van der Waals surface area (Å²) in [7, 11) is 0. The molecule has 4 heterocycles. The van der Waals surface area contributed by atoms with Crippen molar-refractivity contribution in [2.24, 2.45) is 11.5 Å². The number of hydrogen-bond acceptors (Lipinski definition) is 11. The van der Waals surface area contributed by atoms with Crippen LogP contribution < -0.4 is 22.1 Å². The van der Waals surface area contributed by atoms with E-state index in [9.17, 15) is 19.5 Å². The lowest BCUT2D eigenvalue weighted by atomic mass is 10.1. The maximum atomic E-state index is 13.7. The highest BCUT2D eigenvalue weighted by atomic mass is 16.5. The second-order valence-electron chi connectivity index (χ2n) is 13.2. The first kappa shape index (κ1) is 39.6. The Balaban J connectivity index is 1.41. The van der Waals surface area contributed by atoms with Crippen LogP contribution in [0.4, 0.5) is 11.9 Å². The number of rotatable bonds is 18. The first-order chi connectivity index (χ1) is 26.8. The number of primary amides is 2. The lowest BCUT2D eigenvalue weighted by Crippen LogP contribution is -2.39. The topological polar surface area (TPSA) is 237 Å². The average molecular weight is 769 g/mol. The van der Waals surface area contributed by atoms with Crippen LogP contribution in [0.15, 0.2) is 48.5 Å². The van der Waals surface area contributed by atoms with E-state index in [1.54, 1.807) is 57.9 Å². The van der Waals surface area contributed by atoms with Gasteiger partial charge in [0.25, 0.3) is 5.91 Å². The molecule has 18 heteroatoms. The highest BCUT2D eigenvalue weighted by Gasteiger charge is 2.30. The number of aliphatic hydroxyl groups excluding tert-OH is 1. The molecule has 0 saturated carbocycles. The van der Waals surface area contributed by atoms with Gasteiger partial charge in [0.2, 0.25) is 23.7 Å². The Morgan fingerprint density at radius 3 is 1.75 bits per heavy atom. The number of amides is 3. The fourth-order valence-corrected chi connectivity index (χ4v) is 6.85. The third-order valence-electron chi connectivity index (χ3n) is 9.41. The number of fused-ring (bicyclic) bond motifs is 2. The van der Waals surface area contributed by atoms with Crippen LogP contribution in [0, 0.1) is 13.8 Å². The van der Waals surface area contributed by atoms with Gasteiger partial charge in [-0.15, -0.1) is 0 Å². The Kier molecular flexibility index (Phi) is 11.8. The molecule has 6 rings (SSSR count). The van der Waals surface area contributed by atoms with Gasteiger partial charge in [-0.3, -0.25) is 29.1 Å². The lowest BCUT2D eigenvalue weighted by Gasteiger charge is -2.29. The Morgan fingerprint density at radius 2 is 1.23 bits per heavy atom. The van der Waals surface area contributed by atoms with Gasteiger partial charge in [0.05, 0.1) is 52.2 Å². The van der Waals surface area contributed by atoms with Crippen molar-refractivity contribution in [3.8, 4) is 0 Å². The van der Waals surface area contributed by atoms with Crippen LogP contribution >= 0.6 is 0 Å². The van der Waals surface area contributed by atoms with E-state index >= 15 is 0 Å². The van der Waals surface area contributed by atoms with Crippen molar-refractivity contribution in [1.29, 1.82) is 0 Å². The summed E-state index contributed by atoms with van der Waals surface area (Å²) < 4.78 is 19.8. The van der Waals surface area contributed by atoms with E-state index in [2.05, 4.69) is 20.8 Å². The first-order valence-corrected chi connectivity index (χ1v) is 18.5. The summed E-state index contributed by atoms with van der Waals surface area (Å²) >= 11 is 0. The number of ether oxygens (including phenoxy) is 2. The average Bonchev–Trinajstić information content (AvgIpc) is 3.93. The molecule has 3 atom stereocenters. The monoisotopic (exact) mass is 768 g/mol. The zero-order valence-corrected chi connectivity index (χ0v) is 32.3. The number of hydrogen-bond donors (Lipinski definition) is 5. The van der Waals surface area contributed by atoms with Gasteiger partial charge in [-0.2, -0.15) is 10.2 Å². The number of aryl methyl sites for hydroxylation is 4.